The van der Waals surface area contributed by atoms with Gasteiger partial charge in [0.1, 0.15) is 5.75 Å². The van der Waals surface area contributed by atoms with E-state index >= 15 is 0 Å². The number of allylic oxidation sites excluding steroid dienone is 1. The summed E-state index contributed by atoms with van der Waals surface area (Å²) in [5.74, 6) is 0.738. The lowest BCUT2D eigenvalue weighted by Crippen LogP contribution is -2.57. The van der Waals surface area contributed by atoms with E-state index in [2.05, 4.69) is 12.6 Å². The summed E-state index contributed by atoms with van der Waals surface area (Å²) in [6, 6.07) is 22.7. The number of carbonyl (C=O) groups is 1. The van der Waals surface area contributed by atoms with Gasteiger partial charge in [-0.25, -0.2) is 0 Å². The zero-order valence-electron chi connectivity index (χ0n) is 23.8. The van der Waals surface area contributed by atoms with Gasteiger partial charge in [-0.1, -0.05) is 72.6 Å². The van der Waals surface area contributed by atoms with Gasteiger partial charge in [0.15, 0.2) is 0 Å². The molecule has 1 aliphatic rings. The van der Waals surface area contributed by atoms with E-state index in [-0.39, 0.29) is 30.5 Å². The van der Waals surface area contributed by atoms with E-state index in [1.807, 2.05) is 84.6 Å². The van der Waals surface area contributed by atoms with E-state index < -0.39 is 5.41 Å². The Bertz CT molecular complexity index is 1290. The summed E-state index contributed by atoms with van der Waals surface area (Å²) >= 11 is 12.7. The quantitative estimate of drug-likeness (QED) is 0.161. The lowest BCUT2D eigenvalue weighted by molar-refractivity contribution is -0.159. The van der Waals surface area contributed by atoms with Crippen molar-refractivity contribution < 1.29 is 19.4 Å². The number of amides is 1. The summed E-state index contributed by atoms with van der Waals surface area (Å²) in [5.41, 5.74) is 2.31. The number of benzene rings is 3. The van der Waals surface area contributed by atoms with Crippen molar-refractivity contribution in [3.63, 3.8) is 0 Å². The SMILES string of the molecule is C=CC[C@]1(CCOCc2ccc(OC)cc2)CC(c2cccc(Cl)c2)[C@@H](c2ccc(Cl)cc2)N([C@@H](CC)CO)C1=O. The average molecular weight is 597 g/mol. The Morgan fingerprint density at radius 1 is 1.07 bits per heavy atom. The van der Waals surface area contributed by atoms with Gasteiger partial charge in [-0.05, 0) is 78.8 Å². The van der Waals surface area contributed by atoms with Crippen LogP contribution in [0.15, 0.2) is 85.5 Å². The van der Waals surface area contributed by atoms with Gasteiger partial charge < -0.3 is 19.5 Å². The van der Waals surface area contributed by atoms with E-state index in [0.29, 0.717) is 48.9 Å². The first kappa shape index (κ1) is 31.1. The van der Waals surface area contributed by atoms with Gasteiger partial charge in [0.05, 0.1) is 37.8 Å². The summed E-state index contributed by atoms with van der Waals surface area (Å²) in [7, 11) is 1.64. The number of likely N-dealkylation sites (tertiary alicyclic amines) is 1. The van der Waals surface area contributed by atoms with Crippen LogP contribution < -0.4 is 4.74 Å². The number of hydrogen-bond acceptors (Lipinski definition) is 4. The Kier molecular flexibility index (Phi) is 10.9. The fraction of sp³-hybridized carbons (Fsp3) is 0.382. The van der Waals surface area contributed by atoms with Crippen molar-refractivity contribution in [3.05, 3.63) is 112 Å². The molecule has 0 radical (unpaired) electrons. The number of piperidine rings is 1. The largest absolute Gasteiger partial charge is 0.497 e. The third-order valence-electron chi connectivity index (χ3n) is 8.23. The number of aliphatic hydroxyl groups is 1. The Balaban J connectivity index is 1.71. The maximum Gasteiger partial charge on any atom is 0.230 e. The maximum atomic E-state index is 14.7. The van der Waals surface area contributed by atoms with Gasteiger partial charge in [-0.2, -0.15) is 0 Å². The molecule has 4 rings (SSSR count). The van der Waals surface area contributed by atoms with Crippen LogP contribution in [0, 0.1) is 5.41 Å². The fourth-order valence-corrected chi connectivity index (χ4v) is 6.37. The van der Waals surface area contributed by atoms with Crippen LogP contribution in [0.4, 0.5) is 0 Å². The molecule has 5 nitrogen and oxygen atoms in total. The van der Waals surface area contributed by atoms with Crippen molar-refractivity contribution >= 4 is 29.1 Å². The van der Waals surface area contributed by atoms with Crippen LogP contribution in [-0.2, 0) is 16.1 Å². The van der Waals surface area contributed by atoms with Crippen LogP contribution in [0.3, 0.4) is 0 Å². The van der Waals surface area contributed by atoms with E-state index in [4.69, 9.17) is 32.7 Å². The summed E-state index contributed by atoms with van der Waals surface area (Å²) in [5, 5.41) is 11.8. The molecule has 0 spiro atoms. The number of rotatable bonds is 13. The minimum atomic E-state index is -0.750. The molecule has 0 bridgehead atoms. The molecule has 41 heavy (non-hydrogen) atoms. The van der Waals surface area contributed by atoms with Gasteiger partial charge in [0, 0.05) is 22.6 Å². The lowest BCUT2D eigenvalue weighted by atomic mass is 9.64. The normalized spacial score (nSPS) is 21.5. The van der Waals surface area contributed by atoms with Gasteiger partial charge in [0.25, 0.3) is 0 Å². The molecule has 3 aromatic carbocycles. The molecule has 1 heterocycles. The molecule has 218 valence electrons. The minimum absolute atomic E-state index is 0.0181. The van der Waals surface area contributed by atoms with Gasteiger partial charge in [-0.15, -0.1) is 6.58 Å². The van der Waals surface area contributed by atoms with Crippen LogP contribution in [0.25, 0.3) is 0 Å². The molecule has 1 unspecified atom stereocenters. The van der Waals surface area contributed by atoms with Gasteiger partial charge in [0.2, 0.25) is 5.91 Å². The molecule has 0 aliphatic carbocycles. The molecule has 1 aliphatic heterocycles. The summed E-state index contributed by atoms with van der Waals surface area (Å²) < 4.78 is 11.4. The number of aliphatic hydroxyl groups excluding tert-OH is 1. The molecule has 1 N–H and O–H groups in total. The number of hydrogen-bond donors (Lipinski definition) is 1. The Morgan fingerprint density at radius 2 is 1.80 bits per heavy atom. The Labute approximate surface area is 253 Å². The highest BCUT2D eigenvalue weighted by Gasteiger charge is 2.52. The van der Waals surface area contributed by atoms with Crippen LogP contribution in [0.1, 0.15) is 61.3 Å². The second-order valence-corrected chi connectivity index (χ2v) is 11.6. The average Bonchev–Trinajstić information content (AvgIpc) is 2.99. The molecular formula is C34H39Cl2NO4. The molecule has 1 amide bonds. The monoisotopic (exact) mass is 595 g/mol. The predicted octanol–water partition coefficient (Wildman–Crippen LogP) is 8.00. The number of nitrogens with zero attached hydrogens (tertiary/aromatic N) is 1. The summed E-state index contributed by atoms with van der Waals surface area (Å²) in [4.78, 5) is 16.6. The Morgan fingerprint density at radius 3 is 2.41 bits per heavy atom. The zero-order valence-corrected chi connectivity index (χ0v) is 25.3. The highest BCUT2D eigenvalue weighted by Crippen LogP contribution is 2.53. The lowest BCUT2D eigenvalue weighted by Gasteiger charge is -2.53. The first-order valence-corrected chi connectivity index (χ1v) is 14.9. The molecule has 1 fully saturated rings. The molecule has 1 saturated heterocycles. The molecule has 3 aromatic rings. The van der Waals surface area contributed by atoms with Crippen LogP contribution in [0.2, 0.25) is 10.0 Å². The zero-order chi connectivity index (χ0) is 29.4. The Hall–Kier alpha value is -2.83. The highest BCUT2D eigenvalue weighted by molar-refractivity contribution is 6.30. The van der Waals surface area contributed by atoms with Crippen LogP contribution in [-0.4, -0.2) is 42.3 Å². The van der Waals surface area contributed by atoms with E-state index in [9.17, 15) is 9.90 Å². The molecule has 4 atom stereocenters. The van der Waals surface area contributed by atoms with Crippen molar-refractivity contribution in [2.24, 2.45) is 5.41 Å². The topological polar surface area (TPSA) is 59.0 Å². The standard InChI is InChI=1S/C34H39Cl2NO4/c1-4-17-34(18-19-41-23-24-9-15-30(40-3)16-10-24)21-31(26-7-6-8-28(36)20-26)32(25-11-13-27(35)14-12-25)37(33(34)39)29(5-2)22-38/h4,6-16,20,29,31-32,38H,1,5,17-19,21-23H2,2-3H3/t29-,31?,32+,34-/m0/s1. The number of ether oxygens (including phenoxy) is 2. The van der Waals surface area contributed by atoms with Crippen molar-refractivity contribution in [3.8, 4) is 5.75 Å². The molecule has 0 saturated carbocycles. The fourth-order valence-electron chi connectivity index (χ4n) is 6.05. The maximum absolute atomic E-state index is 14.7. The van der Waals surface area contributed by atoms with Crippen LogP contribution in [0.5, 0.6) is 5.75 Å². The molecule has 0 aromatic heterocycles. The number of halogens is 2. The first-order chi connectivity index (χ1) is 19.9. The van der Waals surface area contributed by atoms with E-state index in [0.717, 1.165) is 22.4 Å². The van der Waals surface area contributed by atoms with Crippen molar-refractivity contribution in [2.45, 2.75) is 57.2 Å². The third-order valence-corrected chi connectivity index (χ3v) is 8.72. The summed E-state index contributed by atoms with van der Waals surface area (Å²) in [6.07, 6.45) is 4.07. The smallest absolute Gasteiger partial charge is 0.230 e. The second-order valence-electron chi connectivity index (χ2n) is 10.7. The van der Waals surface area contributed by atoms with Crippen molar-refractivity contribution in [2.75, 3.05) is 20.3 Å². The van der Waals surface area contributed by atoms with E-state index in [1.165, 1.54) is 0 Å². The first-order valence-electron chi connectivity index (χ1n) is 14.1. The highest BCUT2D eigenvalue weighted by atomic mass is 35.5. The number of methoxy groups -OCH3 is 1. The predicted molar refractivity (Wildman–Crippen MR) is 166 cm³/mol. The van der Waals surface area contributed by atoms with Gasteiger partial charge >= 0.3 is 0 Å². The number of carbonyl (C=O) groups excluding carboxylic acids is 1. The van der Waals surface area contributed by atoms with Crippen LogP contribution >= 0.6 is 23.2 Å². The van der Waals surface area contributed by atoms with Crippen molar-refractivity contribution in [1.29, 1.82) is 0 Å². The van der Waals surface area contributed by atoms with Crippen molar-refractivity contribution in [1.82, 2.24) is 4.90 Å². The summed E-state index contributed by atoms with van der Waals surface area (Å²) in [6.45, 7) is 6.74. The molecular weight excluding hydrogens is 557 g/mol. The van der Waals surface area contributed by atoms with E-state index in [1.54, 1.807) is 7.11 Å². The van der Waals surface area contributed by atoms with Gasteiger partial charge in [-0.3, -0.25) is 4.79 Å². The third kappa shape index (κ3) is 7.15. The minimum Gasteiger partial charge on any atom is -0.497 e. The molecule has 7 heteroatoms. The second kappa shape index (κ2) is 14.4.